The molecule has 1 fully saturated rings. The quantitative estimate of drug-likeness (QED) is 0.812. The van der Waals surface area contributed by atoms with Crippen molar-refractivity contribution in [2.24, 2.45) is 0 Å². The van der Waals surface area contributed by atoms with Gasteiger partial charge in [0.1, 0.15) is 0 Å². The molecule has 23 heavy (non-hydrogen) atoms. The average molecular weight is 363 g/mol. The van der Waals surface area contributed by atoms with Crippen molar-refractivity contribution in [3.8, 4) is 0 Å². The molecule has 2 rings (SSSR count). The van der Waals surface area contributed by atoms with Gasteiger partial charge < -0.3 is 10.2 Å². The number of likely N-dealkylation sites (N-methyl/N-ethyl adjacent to an activating group) is 1. The Balaban J connectivity index is 0.00000264. The lowest BCUT2D eigenvalue weighted by Gasteiger charge is -2.37. The fourth-order valence-electron chi connectivity index (χ4n) is 2.47. The van der Waals surface area contributed by atoms with Crippen LogP contribution < -0.4 is 5.32 Å². The summed E-state index contributed by atoms with van der Waals surface area (Å²) in [4.78, 5) is 18.4. The summed E-state index contributed by atoms with van der Waals surface area (Å²) in [6.45, 7) is 3.33. The zero-order valence-electron chi connectivity index (χ0n) is 13.3. The van der Waals surface area contributed by atoms with Gasteiger partial charge in [-0.1, -0.05) is 6.07 Å². The molecule has 1 aromatic rings. The maximum atomic E-state index is 12.5. The molecule has 0 radical (unpaired) electrons. The van der Waals surface area contributed by atoms with Crippen LogP contribution in [0.1, 0.15) is 18.5 Å². The Bertz CT molecular complexity index is 612. The molecule has 1 N–H and O–H groups in total. The van der Waals surface area contributed by atoms with Crippen LogP contribution in [-0.4, -0.2) is 67.5 Å². The molecule has 1 amide bonds. The van der Waals surface area contributed by atoms with E-state index in [0.717, 1.165) is 9.87 Å². The highest BCUT2D eigenvalue weighted by molar-refractivity contribution is 7.89. The molecule has 1 aliphatic rings. The van der Waals surface area contributed by atoms with Crippen LogP contribution in [0.3, 0.4) is 0 Å². The monoisotopic (exact) mass is 362 g/mol. The van der Waals surface area contributed by atoms with Crippen LogP contribution in [0.4, 0.5) is 0 Å². The van der Waals surface area contributed by atoms with Crippen LogP contribution in [0, 0.1) is 0 Å². The second-order valence-corrected chi connectivity index (χ2v) is 7.61. The van der Waals surface area contributed by atoms with E-state index in [1.807, 2.05) is 12.1 Å². The van der Waals surface area contributed by atoms with Crippen LogP contribution in [0.2, 0.25) is 0 Å². The largest absolute Gasteiger partial charge is 0.332 e. The van der Waals surface area contributed by atoms with Crippen LogP contribution in [0.5, 0.6) is 0 Å². The van der Waals surface area contributed by atoms with Crippen molar-refractivity contribution >= 4 is 28.3 Å². The van der Waals surface area contributed by atoms with Gasteiger partial charge in [0.25, 0.3) is 0 Å². The molecule has 1 unspecified atom stereocenters. The summed E-state index contributed by atoms with van der Waals surface area (Å²) in [5, 5.41) is 3.26. The average Bonchev–Trinajstić information content (AvgIpc) is 2.55. The predicted octanol–water partition coefficient (Wildman–Crippen LogP) is 0.258. The van der Waals surface area contributed by atoms with Crippen LogP contribution in [0.15, 0.2) is 24.5 Å². The number of carbonyl (C=O) groups excluding carboxylic acids is 1. The van der Waals surface area contributed by atoms with Crippen LogP contribution >= 0.6 is 12.4 Å². The second-order valence-electron chi connectivity index (χ2n) is 5.25. The molecule has 1 aromatic heterocycles. The summed E-state index contributed by atoms with van der Waals surface area (Å²) in [5.41, 5.74) is 0.948. The maximum absolute atomic E-state index is 12.5. The van der Waals surface area contributed by atoms with Crippen molar-refractivity contribution in [1.82, 2.24) is 19.5 Å². The van der Waals surface area contributed by atoms with E-state index in [9.17, 15) is 13.2 Å². The third-order valence-corrected chi connectivity index (χ3v) is 5.64. The van der Waals surface area contributed by atoms with Gasteiger partial charge in [0.15, 0.2) is 0 Å². The number of rotatable bonds is 5. The third kappa shape index (κ3) is 4.87. The van der Waals surface area contributed by atoms with E-state index >= 15 is 0 Å². The molecular weight excluding hydrogens is 340 g/mol. The molecule has 0 spiro atoms. The lowest BCUT2D eigenvalue weighted by Crippen LogP contribution is -2.51. The lowest BCUT2D eigenvalue weighted by atomic mass is 10.1. The number of aromatic nitrogens is 1. The summed E-state index contributed by atoms with van der Waals surface area (Å²) in [6, 6.07) is 3.64. The summed E-state index contributed by atoms with van der Waals surface area (Å²) in [7, 11) is -1.91. The van der Waals surface area contributed by atoms with Gasteiger partial charge in [0, 0.05) is 39.1 Å². The van der Waals surface area contributed by atoms with Gasteiger partial charge in [-0.15, -0.1) is 12.4 Å². The molecule has 1 atom stereocenters. The molecule has 0 saturated carbocycles. The molecular formula is C14H23ClN4O3S. The molecule has 0 aromatic carbocycles. The minimum atomic E-state index is -3.36. The van der Waals surface area contributed by atoms with Gasteiger partial charge in [-0.2, -0.15) is 4.31 Å². The minimum absolute atomic E-state index is 0. The first-order chi connectivity index (χ1) is 10.5. The fourth-order valence-corrected chi connectivity index (χ4v) is 3.22. The van der Waals surface area contributed by atoms with Gasteiger partial charge in [0.2, 0.25) is 15.9 Å². The number of amides is 1. The van der Waals surface area contributed by atoms with E-state index in [-0.39, 0.29) is 36.7 Å². The van der Waals surface area contributed by atoms with E-state index < -0.39 is 10.0 Å². The fraction of sp³-hybridized carbons (Fsp3) is 0.571. The number of halogens is 1. The lowest BCUT2D eigenvalue weighted by molar-refractivity contribution is -0.134. The number of sulfonamides is 1. The zero-order chi connectivity index (χ0) is 16.2. The van der Waals surface area contributed by atoms with Gasteiger partial charge in [-0.05, 0) is 18.6 Å². The van der Waals surface area contributed by atoms with E-state index in [0.29, 0.717) is 19.6 Å². The van der Waals surface area contributed by atoms with Crippen molar-refractivity contribution in [3.63, 3.8) is 0 Å². The summed E-state index contributed by atoms with van der Waals surface area (Å²) in [5.74, 6) is -0.195. The molecule has 2 heterocycles. The van der Waals surface area contributed by atoms with E-state index in [1.165, 1.54) is 7.05 Å². The van der Waals surface area contributed by atoms with Crippen LogP contribution in [0.25, 0.3) is 0 Å². The van der Waals surface area contributed by atoms with Gasteiger partial charge in [0.05, 0.1) is 18.3 Å². The standard InChI is InChI=1S/C14H22N4O3S.ClH/c1-3-22(20,21)17(2)11-14(19)18-8-7-16-10-13(18)12-5-4-6-15-9-12;/h4-6,9,13,16H,3,7-8,10-11H2,1-2H3;1H. The molecule has 0 aliphatic carbocycles. The molecule has 9 heteroatoms. The van der Waals surface area contributed by atoms with Gasteiger partial charge >= 0.3 is 0 Å². The SMILES string of the molecule is CCS(=O)(=O)N(C)CC(=O)N1CCNCC1c1cccnc1.Cl. The van der Waals surface area contributed by atoms with Crippen molar-refractivity contribution in [3.05, 3.63) is 30.1 Å². The smallest absolute Gasteiger partial charge is 0.238 e. The Labute approximate surface area is 143 Å². The summed E-state index contributed by atoms with van der Waals surface area (Å²) in [6.07, 6.45) is 3.43. The number of nitrogens with one attached hydrogen (secondary N) is 1. The first-order valence-electron chi connectivity index (χ1n) is 7.30. The Morgan fingerprint density at radius 2 is 2.26 bits per heavy atom. The molecule has 0 bridgehead atoms. The first-order valence-corrected chi connectivity index (χ1v) is 8.90. The molecule has 1 aliphatic heterocycles. The zero-order valence-corrected chi connectivity index (χ0v) is 14.9. The van der Waals surface area contributed by atoms with Crippen molar-refractivity contribution in [2.45, 2.75) is 13.0 Å². The number of carbonyl (C=O) groups is 1. The Kier molecular flexibility index (Phi) is 7.40. The highest BCUT2D eigenvalue weighted by Crippen LogP contribution is 2.21. The Hall–Kier alpha value is -1.22. The highest BCUT2D eigenvalue weighted by Gasteiger charge is 2.30. The summed E-state index contributed by atoms with van der Waals surface area (Å²) >= 11 is 0. The normalized spacial score (nSPS) is 18.6. The Morgan fingerprint density at radius 1 is 1.52 bits per heavy atom. The van der Waals surface area contributed by atoms with E-state index in [2.05, 4.69) is 10.3 Å². The third-order valence-electron chi connectivity index (χ3n) is 3.83. The number of hydrogen-bond acceptors (Lipinski definition) is 5. The minimum Gasteiger partial charge on any atom is -0.332 e. The number of hydrogen-bond donors (Lipinski definition) is 1. The van der Waals surface area contributed by atoms with Gasteiger partial charge in [-0.3, -0.25) is 9.78 Å². The van der Waals surface area contributed by atoms with Gasteiger partial charge in [-0.25, -0.2) is 8.42 Å². The van der Waals surface area contributed by atoms with E-state index in [4.69, 9.17) is 0 Å². The molecule has 130 valence electrons. The van der Waals surface area contributed by atoms with Crippen LogP contribution in [-0.2, 0) is 14.8 Å². The second kappa shape index (κ2) is 8.58. The molecule has 1 saturated heterocycles. The number of piperazine rings is 1. The number of pyridine rings is 1. The van der Waals surface area contributed by atoms with Crippen molar-refractivity contribution in [1.29, 1.82) is 0 Å². The highest BCUT2D eigenvalue weighted by atomic mass is 35.5. The van der Waals surface area contributed by atoms with Crippen molar-refractivity contribution in [2.75, 3.05) is 39.0 Å². The topological polar surface area (TPSA) is 82.6 Å². The van der Waals surface area contributed by atoms with E-state index in [1.54, 1.807) is 24.2 Å². The molecule has 7 nitrogen and oxygen atoms in total. The predicted molar refractivity (Wildman–Crippen MR) is 90.9 cm³/mol. The maximum Gasteiger partial charge on any atom is 0.238 e. The first kappa shape index (κ1) is 19.8. The summed E-state index contributed by atoms with van der Waals surface area (Å²) < 4.78 is 24.7. The number of nitrogens with zero attached hydrogens (tertiary/aromatic N) is 3. The van der Waals surface area contributed by atoms with Crippen molar-refractivity contribution < 1.29 is 13.2 Å². The Morgan fingerprint density at radius 3 is 2.87 bits per heavy atom.